The van der Waals surface area contributed by atoms with Crippen LogP contribution in [0.25, 0.3) is 0 Å². The summed E-state index contributed by atoms with van der Waals surface area (Å²) in [5.74, 6) is -0.295. The minimum atomic E-state index is -0.948. The van der Waals surface area contributed by atoms with Crippen LogP contribution < -0.4 is 4.74 Å². The van der Waals surface area contributed by atoms with E-state index in [9.17, 15) is 4.79 Å². The van der Waals surface area contributed by atoms with Gasteiger partial charge in [0.25, 0.3) is 0 Å². The Hall–Kier alpha value is -3.11. The van der Waals surface area contributed by atoms with Crippen LogP contribution in [0.4, 0.5) is 5.69 Å². The zero-order chi connectivity index (χ0) is 19.9. The predicted molar refractivity (Wildman–Crippen MR) is 112 cm³/mol. The monoisotopic (exact) mass is 393 g/mol. The first kappa shape index (κ1) is 19.6. The lowest BCUT2D eigenvalue weighted by atomic mass is 10.1. The molecule has 4 nitrogen and oxygen atoms in total. The van der Waals surface area contributed by atoms with Gasteiger partial charge in [-0.15, -0.1) is 0 Å². The Morgan fingerprint density at radius 1 is 1.04 bits per heavy atom. The summed E-state index contributed by atoms with van der Waals surface area (Å²) in [4.78, 5) is 15.4. The second-order valence-corrected chi connectivity index (χ2v) is 6.69. The summed E-state index contributed by atoms with van der Waals surface area (Å²) in [5, 5.41) is 9.57. The molecule has 0 unspecified atom stereocenters. The number of ether oxygens (including phenoxy) is 1. The van der Waals surface area contributed by atoms with Gasteiger partial charge in [0.1, 0.15) is 12.4 Å². The fraction of sp³-hybridized carbons (Fsp3) is 0.130. The molecule has 0 heterocycles. The fourth-order valence-electron chi connectivity index (χ4n) is 2.62. The Bertz CT molecular complexity index is 980. The maximum absolute atomic E-state index is 10.9. The first-order chi connectivity index (χ1) is 13.5. The number of carboxylic acids is 1. The van der Waals surface area contributed by atoms with Crippen LogP contribution >= 0.6 is 11.6 Å². The van der Waals surface area contributed by atoms with Crippen LogP contribution in [0.2, 0.25) is 5.02 Å². The Morgan fingerprint density at radius 2 is 1.71 bits per heavy atom. The Labute approximate surface area is 169 Å². The zero-order valence-corrected chi connectivity index (χ0v) is 16.2. The largest absolute Gasteiger partial charge is 0.488 e. The van der Waals surface area contributed by atoms with Gasteiger partial charge in [0.2, 0.25) is 0 Å². The fourth-order valence-corrected chi connectivity index (χ4v) is 2.80. The highest BCUT2D eigenvalue weighted by Gasteiger charge is 2.06. The van der Waals surface area contributed by atoms with Gasteiger partial charge >= 0.3 is 5.97 Å². The highest BCUT2D eigenvalue weighted by molar-refractivity contribution is 6.30. The number of halogens is 1. The number of aromatic carboxylic acids is 1. The van der Waals surface area contributed by atoms with Crippen molar-refractivity contribution in [3.05, 3.63) is 94.0 Å². The van der Waals surface area contributed by atoms with E-state index in [0.717, 1.165) is 23.2 Å². The molecular formula is C23H20ClNO3. The number of aliphatic imine (C=N–C) groups is 1. The van der Waals surface area contributed by atoms with Gasteiger partial charge in [-0.2, -0.15) is 0 Å². The number of hydrogen-bond acceptors (Lipinski definition) is 3. The van der Waals surface area contributed by atoms with Crippen molar-refractivity contribution in [2.24, 2.45) is 4.99 Å². The minimum Gasteiger partial charge on any atom is -0.488 e. The summed E-state index contributed by atoms with van der Waals surface area (Å²) in [7, 11) is 0. The van der Waals surface area contributed by atoms with E-state index < -0.39 is 5.97 Å². The van der Waals surface area contributed by atoms with E-state index in [1.54, 1.807) is 48.7 Å². The zero-order valence-electron chi connectivity index (χ0n) is 15.4. The molecule has 0 bridgehead atoms. The highest BCUT2D eigenvalue weighted by atomic mass is 35.5. The number of benzene rings is 3. The van der Waals surface area contributed by atoms with Gasteiger partial charge in [-0.1, -0.05) is 42.8 Å². The van der Waals surface area contributed by atoms with Gasteiger partial charge in [0, 0.05) is 16.8 Å². The van der Waals surface area contributed by atoms with Crippen molar-refractivity contribution in [3.8, 4) is 5.75 Å². The van der Waals surface area contributed by atoms with Gasteiger partial charge in [-0.3, -0.25) is 4.99 Å². The Balaban J connectivity index is 1.74. The van der Waals surface area contributed by atoms with Crippen LogP contribution in [0.5, 0.6) is 5.75 Å². The van der Waals surface area contributed by atoms with Crippen molar-refractivity contribution in [1.29, 1.82) is 0 Å². The summed E-state index contributed by atoms with van der Waals surface area (Å²) in [6, 6.07) is 20.0. The number of aryl methyl sites for hydroxylation is 1. The van der Waals surface area contributed by atoms with Gasteiger partial charge in [0.05, 0.1) is 11.3 Å². The van der Waals surface area contributed by atoms with Crippen molar-refractivity contribution in [3.63, 3.8) is 0 Å². The third-order valence-corrected chi connectivity index (χ3v) is 4.50. The molecule has 3 rings (SSSR count). The summed E-state index contributed by atoms with van der Waals surface area (Å²) < 4.78 is 5.91. The minimum absolute atomic E-state index is 0.247. The van der Waals surface area contributed by atoms with Crippen LogP contribution in [0.15, 0.2) is 71.7 Å². The van der Waals surface area contributed by atoms with Crippen molar-refractivity contribution < 1.29 is 14.6 Å². The first-order valence-electron chi connectivity index (χ1n) is 8.92. The third kappa shape index (κ3) is 5.21. The average Bonchev–Trinajstić information content (AvgIpc) is 2.72. The second-order valence-electron chi connectivity index (χ2n) is 6.25. The highest BCUT2D eigenvalue weighted by Crippen LogP contribution is 2.24. The van der Waals surface area contributed by atoms with E-state index in [1.807, 2.05) is 12.1 Å². The maximum atomic E-state index is 10.9. The molecule has 0 radical (unpaired) electrons. The second kappa shape index (κ2) is 9.20. The normalized spacial score (nSPS) is 10.9. The number of nitrogens with zero attached hydrogens (tertiary/aromatic N) is 1. The van der Waals surface area contributed by atoms with Crippen molar-refractivity contribution in [2.75, 3.05) is 0 Å². The van der Waals surface area contributed by atoms with Crippen LogP contribution in [-0.2, 0) is 13.0 Å². The Kier molecular flexibility index (Phi) is 6.45. The molecule has 0 atom stereocenters. The molecule has 3 aromatic rings. The van der Waals surface area contributed by atoms with Crippen LogP contribution in [-0.4, -0.2) is 17.3 Å². The average molecular weight is 394 g/mol. The van der Waals surface area contributed by atoms with E-state index >= 15 is 0 Å². The molecule has 0 amide bonds. The molecule has 0 aliphatic heterocycles. The molecule has 0 saturated heterocycles. The number of rotatable bonds is 7. The first-order valence-corrected chi connectivity index (χ1v) is 9.30. The van der Waals surface area contributed by atoms with Crippen molar-refractivity contribution >= 4 is 29.5 Å². The SMILES string of the molecule is CCc1ccc(N=Cc2cc(Cl)ccc2OCc2ccc(C(=O)O)cc2)cc1. The summed E-state index contributed by atoms with van der Waals surface area (Å²) in [6.45, 7) is 2.43. The molecule has 3 aromatic carbocycles. The van der Waals surface area contributed by atoms with Crippen LogP contribution in [0, 0.1) is 0 Å². The lowest BCUT2D eigenvalue weighted by Gasteiger charge is -2.10. The van der Waals surface area contributed by atoms with Crippen molar-refractivity contribution in [2.45, 2.75) is 20.0 Å². The summed E-state index contributed by atoms with van der Waals surface area (Å²) in [6.07, 6.45) is 2.72. The van der Waals surface area contributed by atoms with Gasteiger partial charge in [-0.25, -0.2) is 4.79 Å². The van der Waals surface area contributed by atoms with E-state index in [-0.39, 0.29) is 5.56 Å². The standard InChI is InChI=1S/C23H20ClNO3/c1-2-16-5-10-21(11-6-16)25-14-19-13-20(24)9-12-22(19)28-15-17-3-7-18(8-4-17)23(26)27/h3-14H,2,15H2,1H3,(H,26,27). The van der Waals surface area contributed by atoms with Crippen LogP contribution in [0.3, 0.4) is 0 Å². The maximum Gasteiger partial charge on any atom is 0.335 e. The smallest absolute Gasteiger partial charge is 0.335 e. The molecule has 0 saturated carbocycles. The molecule has 0 aliphatic rings. The predicted octanol–water partition coefficient (Wildman–Crippen LogP) is 5.93. The van der Waals surface area contributed by atoms with E-state index in [1.165, 1.54) is 5.56 Å². The van der Waals surface area contributed by atoms with Gasteiger partial charge < -0.3 is 9.84 Å². The molecular weight excluding hydrogens is 374 g/mol. The van der Waals surface area contributed by atoms with Gasteiger partial charge in [-0.05, 0) is 60.0 Å². The molecule has 5 heteroatoms. The van der Waals surface area contributed by atoms with E-state index in [0.29, 0.717) is 17.4 Å². The lowest BCUT2D eigenvalue weighted by molar-refractivity contribution is 0.0697. The molecule has 0 aliphatic carbocycles. The summed E-state index contributed by atoms with van der Waals surface area (Å²) in [5.41, 5.74) is 4.01. The molecule has 142 valence electrons. The van der Waals surface area contributed by atoms with Crippen LogP contribution in [0.1, 0.15) is 34.0 Å². The van der Waals surface area contributed by atoms with E-state index in [4.69, 9.17) is 21.4 Å². The lowest BCUT2D eigenvalue weighted by Crippen LogP contribution is -2.00. The van der Waals surface area contributed by atoms with Crippen molar-refractivity contribution in [1.82, 2.24) is 0 Å². The quantitative estimate of drug-likeness (QED) is 0.506. The topological polar surface area (TPSA) is 58.9 Å². The Morgan fingerprint density at radius 3 is 2.36 bits per heavy atom. The molecule has 0 aromatic heterocycles. The number of hydrogen-bond donors (Lipinski definition) is 1. The van der Waals surface area contributed by atoms with Gasteiger partial charge in [0.15, 0.2) is 0 Å². The third-order valence-electron chi connectivity index (χ3n) is 4.26. The summed E-state index contributed by atoms with van der Waals surface area (Å²) >= 11 is 6.13. The molecule has 0 spiro atoms. The molecule has 28 heavy (non-hydrogen) atoms. The van der Waals surface area contributed by atoms with E-state index in [2.05, 4.69) is 24.0 Å². The molecule has 1 N–H and O–H groups in total. The molecule has 0 fully saturated rings. The number of carbonyl (C=O) groups is 1. The number of carboxylic acid groups (broad SMARTS) is 1.